The van der Waals surface area contributed by atoms with Crippen molar-refractivity contribution in [3.05, 3.63) is 5.01 Å². The highest BCUT2D eigenvalue weighted by atomic mass is 35.5. The number of aryl methyl sites for hydroxylation is 1. The highest BCUT2D eigenvalue weighted by Crippen LogP contribution is 2.20. The molecule has 0 fully saturated rings. The first-order valence-electron chi connectivity index (χ1n) is 5.35. The monoisotopic (exact) mass is 247 g/mol. The number of rotatable bonds is 6. The Morgan fingerprint density at radius 2 is 2.00 bits per heavy atom. The smallest absolute Gasteiger partial charge is 0.205 e. The van der Waals surface area contributed by atoms with Crippen molar-refractivity contribution in [1.29, 1.82) is 0 Å². The molecule has 0 saturated heterocycles. The van der Waals surface area contributed by atoms with Gasteiger partial charge in [0.15, 0.2) is 0 Å². The SMILES string of the molecule is CCC(CC)C(Cl)CNc1nnc(C)s1. The van der Waals surface area contributed by atoms with Crippen LogP contribution >= 0.6 is 22.9 Å². The molecular formula is C10H18ClN3S. The lowest BCUT2D eigenvalue weighted by Gasteiger charge is -2.18. The summed E-state index contributed by atoms with van der Waals surface area (Å²) < 4.78 is 0. The van der Waals surface area contributed by atoms with Gasteiger partial charge in [0.1, 0.15) is 5.01 Å². The van der Waals surface area contributed by atoms with Gasteiger partial charge in [-0.05, 0) is 12.8 Å². The maximum Gasteiger partial charge on any atom is 0.205 e. The molecule has 0 aliphatic rings. The highest BCUT2D eigenvalue weighted by molar-refractivity contribution is 7.15. The van der Waals surface area contributed by atoms with Crippen LogP contribution < -0.4 is 5.32 Å². The van der Waals surface area contributed by atoms with Crippen molar-refractivity contribution in [3.63, 3.8) is 0 Å². The zero-order valence-electron chi connectivity index (χ0n) is 9.46. The van der Waals surface area contributed by atoms with Crippen molar-refractivity contribution in [2.45, 2.75) is 39.0 Å². The third-order valence-corrected chi connectivity index (χ3v) is 3.84. The normalized spacial score (nSPS) is 13.1. The van der Waals surface area contributed by atoms with E-state index in [2.05, 4.69) is 29.4 Å². The van der Waals surface area contributed by atoms with Gasteiger partial charge in [-0.2, -0.15) is 0 Å². The lowest BCUT2D eigenvalue weighted by Crippen LogP contribution is -2.22. The Morgan fingerprint density at radius 3 is 2.47 bits per heavy atom. The Bertz CT molecular complexity index is 286. The Kier molecular flexibility index (Phi) is 5.32. The minimum absolute atomic E-state index is 0.171. The van der Waals surface area contributed by atoms with E-state index in [-0.39, 0.29) is 5.38 Å². The molecule has 1 rings (SSSR count). The van der Waals surface area contributed by atoms with Crippen molar-refractivity contribution in [2.24, 2.45) is 5.92 Å². The van der Waals surface area contributed by atoms with Crippen molar-refractivity contribution >= 4 is 28.1 Å². The molecule has 3 nitrogen and oxygen atoms in total. The second-order valence-electron chi connectivity index (χ2n) is 3.60. The van der Waals surface area contributed by atoms with Gasteiger partial charge in [-0.25, -0.2) is 0 Å². The Balaban J connectivity index is 2.36. The molecule has 5 heteroatoms. The fourth-order valence-electron chi connectivity index (χ4n) is 1.52. The fraction of sp³-hybridized carbons (Fsp3) is 0.800. The van der Waals surface area contributed by atoms with E-state index >= 15 is 0 Å². The summed E-state index contributed by atoms with van der Waals surface area (Å²) >= 11 is 7.86. The summed E-state index contributed by atoms with van der Waals surface area (Å²) in [5, 5.41) is 13.2. The van der Waals surface area contributed by atoms with Gasteiger partial charge in [0.05, 0.1) is 5.38 Å². The van der Waals surface area contributed by atoms with Crippen LogP contribution in [-0.4, -0.2) is 22.1 Å². The number of nitrogens with zero attached hydrogens (tertiary/aromatic N) is 2. The van der Waals surface area contributed by atoms with Gasteiger partial charge < -0.3 is 5.32 Å². The molecule has 1 aromatic heterocycles. The van der Waals surface area contributed by atoms with Gasteiger partial charge in [-0.1, -0.05) is 38.0 Å². The molecule has 0 spiro atoms. The molecule has 0 aromatic carbocycles. The summed E-state index contributed by atoms with van der Waals surface area (Å²) in [5.74, 6) is 0.577. The lowest BCUT2D eigenvalue weighted by molar-refractivity contribution is 0.475. The predicted octanol–water partition coefficient (Wildman–Crippen LogP) is 3.30. The third-order valence-electron chi connectivity index (χ3n) is 2.53. The number of halogens is 1. The van der Waals surface area contributed by atoms with Crippen LogP contribution in [0.4, 0.5) is 5.13 Å². The van der Waals surface area contributed by atoms with Crippen LogP contribution in [0, 0.1) is 12.8 Å². The van der Waals surface area contributed by atoms with E-state index in [4.69, 9.17) is 11.6 Å². The summed E-state index contributed by atoms with van der Waals surface area (Å²) in [6.07, 6.45) is 2.25. The van der Waals surface area contributed by atoms with Gasteiger partial charge in [0.25, 0.3) is 0 Å². The van der Waals surface area contributed by atoms with E-state index in [0.29, 0.717) is 5.92 Å². The van der Waals surface area contributed by atoms with Crippen LogP contribution in [0.15, 0.2) is 0 Å². The Morgan fingerprint density at radius 1 is 1.33 bits per heavy atom. The largest absolute Gasteiger partial charge is 0.359 e. The Hall–Kier alpha value is -0.350. The van der Waals surface area contributed by atoms with E-state index in [0.717, 1.165) is 29.5 Å². The lowest BCUT2D eigenvalue weighted by atomic mass is 9.99. The third kappa shape index (κ3) is 3.95. The standard InChI is InChI=1S/C10H18ClN3S/c1-4-8(5-2)9(11)6-12-10-14-13-7(3)15-10/h8-9H,4-6H2,1-3H3,(H,12,14). The zero-order valence-corrected chi connectivity index (χ0v) is 11.0. The molecule has 0 bridgehead atoms. The first kappa shape index (κ1) is 12.7. The van der Waals surface area contributed by atoms with Gasteiger partial charge in [-0.3, -0.25) is 0 Å². The molecule has 1 aromatic rings. The van der Waals surface area contributed by atoms with Gasteiger partial charge in [-0.15, -0.1) is 21.8 Å². The average Bonchev–Trinajstić information content (AvgIpc) is 2.63. The fourth-order valence-corrected chi connectivity index (χ4v) is 2.55. The maximum absolute atomic E-state index is 6.30. The number of aromatic nitrogens is 2. The molecule has 0 aliphatic heterocycles. The van der Waals surface area contributed by atoms with Crippen LogP contribution in [0.3, 0.4) is 0 Å². The van der Waals surface area contributed by atoms with Crippen LogP contribution in [0.5, 0.6) is 0 Å². The van der Waals surface area contributed by atoms with Gasteiger partial charge in [0.2, 0.25) is 5.13 Å². The quantitative estimate of drug-likeness (QED) is 0.784. The van der Waals surface area contributed by atoms with E-state index in [1.54, 1.807) is 11.3 Å². The average molecular weight is 248 g/mol. The number of hydrogen-bond donors (Lipinski definition) is 1. The molecular weight excluding hydrogens is 230 g/mol. The van der Waals surface area contributed by atoms with E-state index < -0.39 is 0 Å². The number of nitrogens with one attached hydrogen (secondary N) is 1. The maximum atomic E-state index is 6.30. The number of anilines is 1. The second-order valence-corrected chi connectivity index (χ2v) is 5.34. The topological polar surface area (TPSA) is 37.8 Å². The van der Waals surface area contributed by atoms with E-state index in [1.807, 2.05) is 6.92 Å². The summed E-state index contributed by atoms with van der Waals surface area (Å²) in [4.78, 5) is 0. The van der Waals surface area contributed by atoms with Crippen LogP contribution in [0.2, 0.25) is 0 Å². The molecule has 1 atom stereocenters. The molecule has 0 radical (unpaired) electrons. The molecule has 86 valence electrons. The van der Waals surface area contributed by atoms with Crippen molar-refractivity contribution < 1.29 is 0 Å². The van der Waals surface area contributed by atoms with Gasteiger partial charge in [0, 0.05) is 6.54 Å². The molecule has 1 unspecified atom stereocenters. The van der Waals surface area contributed by atoms with Crippen molar-refractivity contribution in [2.75, 3.05) is 11.9 Å². The molecule has 0 aliphatic carbocycles. The molecule has 0 saturated carbocycles. The summed E-state index contributed by atoms with van der Waals surface area (Å²) in [6, 6.07) is 0. The zero-order chi connectivity index (χ0) is 11.3. The first-order valence-corrected chi connectivity index (χ1v) is 6.60. The minimum Gasteiger partial charge on any atom is -0.359 e. The van der Waals surface area contributed by atoms with Crippen LogP contribution in [-0.2, 0) is 0 Å². The van der Waals surface area contributed by atoms with E-state index in [9.17, 15) is 0 Å². The van der Waals surface area contributed by atoms with Gasteiger partial charge >= 0.3 is 0 Å². The molecule has 15 heavy (non-hydrogen) atoms. The predicted molar refractivity (Wildman–Crippen MR) is 66.8 cm³/mol. The minimum atomic E-state index is 0.171. The summed E-state index contributed by atoms with van der Waals surface area (Å²) in [7, 11) is 0. The molecule has 1 heterocycles. The number of alkyl halides is 1. The Labute approximate surface area is 100 Å². The number of hydrogen-bond acceptors (Lipinski definition) is 4. The first-order chi connectivity index (χ1) is 7.17. The molecule has 1 N–H and O–H groups in total. The highest BCUT2D eigenvalue weighted by Gasteiger charge is 2.15. The van der Waals surface area contributed by atoms with E-state index in [1.165, 1.54) is 0 Å². The summed E-state index contributed by atoms with van der Waals surface area (Å²) in [5.41, 5.74) is 0. The summed E-state index contributed by atoms with van der Waals surface area (Å²) in [6.45, 7) is 7.07. The van der Waals surface area contributed by atoms with Crippen LogP contribution in [0.1, 0.15) is 31.7 Å². The van der Waals surface area contributed by atoms with Crippen molar-refractivity contribution in [1.82, 2.24) is 10.2 Å². The second kappa shape index (κ2) is 6.28. The van der Waals surface area contributed by atoms with Crippen molar-refractivity contribution in [3.8, 4) is 0 Å². The van der Waals surface area contributed by atoms with Crippen LogP contribution in [0.25, 0.3) is 0 Å². The molecule has 0 amide bonds.